The van der Waals surface area contributed by atoms with Crippen LogP contribution in [0.4, 0.5) is 37.8 Å². The van der Waals surface area contributed by atoms with Crippen molar-refractivity contribution in [3.63, 3.8) is 0 Å². The van der Waals surface area contributed by atoms with E-state index in [4.69, 9.17) is 17.3 Å². The summed E-state index contributed by atoms with van der Waals surface area (Å²) in [6.45, 7) is -1.58. The summed E-state index contributed by atoms with van der Waals surface area (Å²) in [5, 5.41) is 1.38. The number of nitrogens with one attached hydrogen (secondary N) is 1. The molecule has 0 aliphatic heterocycles. The molecule has 0 amide bonds. The molecule has 0 bridgehead atoms. The number of pyridine rings is 1. The first kappa shape index (κ1) is 20.6. The van der Waals surface area contributed by atoms with Crippen molar-refractivity contribution in [1.82, 2.24) is 15.0 Å². The van der Waals surface area contributed by atoms with Crippen LogP contribution in [0.3, 0.4) is 0 Å². The van der Waals surface area contributed by atoms with Crippen LogP contribution in [0.5, 0.6) is 0 Å². The van der Waals surface area contributed by atoms with E-state index in [1.54, 1.807) is 0 Å². The number of nitrogens with two attached hydrogens (primary N) is 1. The minimum Gasteiger partial charge on any atom is -0.397 e. The molecule has 0 saturated heterocycles. The van der Waals surface area contributed by atoms with Crippen LogP contribution in [-0.2, 0) is 0 Å². The SMILES string of the molecule is Nc1ccc(-c2nc(Cl)c(-c3c(F)cc(F)cc3F)c(NCC(F)(F)F)n2)nc1. The zero-order chi connectivity index (χ0) is 21.3. The molecule has 0 fully saturated rings. The maximum Gasteiger partial charge on any atom is 0.405 e. The average molecular weight is 434 g/mol. The van der Waals surface area contributed by atoms with Crippen LogP contribution >= 0.6 is 11.6 Å². The molecule has 29 heavy (non-hydrogen) atoms. The smallest absolute Gasteiger partial charge is 0.397 e. The molecule has 1 aromatic carbocycles. The molecule has 3 N–H and O–H groups in total. The molecule has 2 heterocycles. The van der Waals surface area contributed by atoms with Gasteiger partial charge in [-0.2, -0.15) is 13.2 Å². The highest BCUT2D eigenvalue weighted by molar-refractivity contribution is 6.32. The van der Waals surface area contributed by atoms with Crippen LogP contribution in [0.2, 0.25) is 5.15 Å². The van der Waals surface area contributed by atoms with E-state index >= 15 is 0 Å². The number of rotatable bonds is 4. The van der Waals surface area contributed by atoms with E-state index in [0.29, 0.717) is 17.8 Å². The molecular weight excluding hydrogens is 424 g/mol. The molecule has 3 rings (SSSR count). The number of hydrogen-bond acceptors (Lipinski definition) is 5. The highest BCUT2D eigenvalue weighted by Gasteiger charge is 2.29. The maximum atomic E-state index is 14.2. The minimum absolute atomic E-state index is 0.0998. The van der Waals surface area contributed by atoms with Crippen LogP contribution in [0.1, 0.15) is 0 Å². The van der Waals surface area contributed by atoms with Gasteiger partial charge >= 0.3 is 6.18 Å². The number of nitrogen functional groups attached to an aromatic ring is 1. The number of nitrogens with zero attached hydrogens (tertiary/aromatic N) is 3. The Bertz CT molecular complexity index is 1030. The third kappa shape index (κ3) is 4.67. The van der Waals surface area contributed by atoms with Gasteiger partial charge in [0.05, 0.1) is 23.0 Å². The molecule has 3 aromatic rings. The highest BCUT2D eigenvalue weighted by Crippen LogP contribution is 2.38. The van der Waals surface area contributed by atoms with Gasteiger partial charge in [-0.05, 0) is 12.1 Å². The van der Waals surface area contributed by atoms with Gasteiger partial charge in [0.25, 0.3) is 0 Å². The molecule has 0 aliphatic rings. The van der Waals surface area contributed by atoms with Crippen LogP contribution in [0.25, 0.3) is 22.6 Å². The number of alkyl halides is 3. The largest absolute Gasteiger partial charge is 0.405 e. The van der Waals surface area contributed by atoms with Gasteiger partial charge in [-0.3, -0.25) is 4.98 Å². The van der Waals surface area contributed by atoms with Gasteiger partial charge in [-0.15, -0.1) is 0 Å². The van der Waals surface area contributed by atoms with Crippen molar-refractivity contribution in [2.75, 3.05) is 17.6 Å². The zero-order valence-corrected chi connectivity index (χ0v) is 14.9. The van der Waals surface area contributed by atoms with Crippen molar-refractivity contribution in [3.05, 3.63) is 53.1 Å². The molecule has 0 unspecified atom stereocenters. The monoisotopic (exact) mass is 433 g/mol. The topological polar surface area (TPSA) is 76.7 Å². The molecule has 0 aliphatic carbocycles. The second-order valence-electron chi connectivity index (χ2n) is 5.75. The molecule has 0 atom stereocenters. The Morgan fingerprint density at radius 1 is 1.00 bits per heavy atom. The summed E-state index contributed by atoms with van der Waals surface area (Å²) in [5.74, 6) is -4.82. The lowest BCUT2D eigenvalue weighted by molar-refractivity contribution is -0.115. The van der Waals surface area contributed by atoms with Crippen LogP contribution in [0.15, 0.2) is 30.5 Å². The Morgan fingerprint density at radius 2 is 1.66 bits per heavy atom. The summed E-state index contributed by atoms with van der Waals surface area (Å²) in [4.78, 5) is 11.7. The fraction of sp³-hybridized carbons (Fsp3) is 0.118. The first-order chi connectivity index (χ1) is 13.5. The molecule has 2 aromatic heterocycles. The third-order valence-electron chi connectivity index (χ3n) is 3.59. The van der Waals surface area contributed by atoms with Crippen molar-refractivity contribution in [2.45, 2.75) is 6.18 Å². The van der Waals surface area contributed by atoms with Gasteiger partial charge in [0.2, 0.25) is 0 Å². The molecule has 152 valence electrons. The van der Waals surface area contributed by atoms with E-state index in [0.717, 1.165) is 0 Å². The first-order valence-electron chi connectivity index (χ1n) is 7.80. The van der Waals surface area contributed by atoms with Crippen molar-refractivity contribution in [1.29, 1.82) is 0 Å². The van der Waals surface area contributed by atoms with Crippen molar-refractivity contribution in [3.8, 4) is 22.6 Å². The predicted molar refractivity (Wildman–Crippen MR) is 94.5 cm³/mol. The predicted octanol–water partition coefficient (Wildman–Crippen LogP) is 4.83. The normalized spacial score (nSPS) is 11.6. The molecule has 5 nitrogen and oxygen atoms in total. The van der Waals surface area contributed by atoms with Crippen molar-refractivity contribution in [2.24, 2.45) is 0 Å². The van der Waals surface area contributed by atoms with E-state index < -0.39 is 52.3 Å². The Kier molecular flexibility index (Phi) is 5.51. The number of halogens is 7. The minimum atomic E-state index is -4.67. The van der Waals surface area contributed by atoms with Gasteiger partial charge in [0, 0.05) is 12.1 Å². The van der Waals surface area contributed by atoms with E-state index in [-0.39, 0.29) is 11.5 Å². The summed E-state index contributed by atoms with van der Waals surface area (Å²) >= 11 is 6.03. The maximum absolute atomic E-state index is 14.2. The Hall–Kier alpha value is -3.08. The number of anilines is 2. The lowest BCUT2D eigenvalue weighted by Gasteiger charge is -2.16. The van der Waals surface area contributed by atoms with Crippen molar-refractivity contribution < 1.29 is 26.3 Å². The van der Waals surface area contributed by atoms with Gasteiger partial charge < -0.3 is 11.1 Å². The van der Waals surface area contributed by atoms with Gasteiger partial charge in [0.1, 0.15) is 40.7 Å². The van der Waals surface area contributed by atoms with Crippen LogP contribution < -0.4 is 11.1 Å². The molecule has 0 saturated carbocycles. The highest BCUT2D eigenvalue weighted by atomic mass is 35.5. The second-order valence-corrected chi connectivity index (χ2v) is 6.11. The van der Waals surface area contributed by atoms with E-state index in [1.807, 2.05) is 5.32 Å². The standard InChI is InChI=1S/C17H10ClF6N5/c18-14-13(12-9(20)3-7(19)4-10(12)21)16(27-6-17(22,23)24)29-15(28-14)11-2-1-8(25)5-26-11/h1-5H,6,25H2,(H,27,28,29). The molecule has 0 spiro atoms. The lowest BCUT2D eigenvalue weighted by atomic mass is 10.1. The quantitative estimate of drug-likeness (QED) is 0.455. The number of hydrogen-bond donors (Lipinski definition) is 2. The van der Waals surface area contributed by atoms with Crippen LogP contribution in [0, 0.1) is 17.5 Å². The Labute approximate surface area is 164 Å². The molecular formula is C17H10ClF6N5. The van der Waals surface area contributed by atoms with Gasteiger partial charge in [-0.25, -0.2) is 23.1 Å². The number of benzene rings is 1. The fourth-order valence-corrected chi connectivity index (χ4v) is 2.66. The van der Waals surface area contributed by atoms with Crippen LogP contribution in [-0.4, -0.2) is 27.7 Å². The Balaban J connectivity index is 2.21. The van der Waals surface area contributed by atoms with Gasteiger partial charge in [0.15, 0.2) is 5.82 Å². The first-order valence-corrected chi connectivity index (χ1v) is 8.18. The third-order valence-corrected chi connectivity index (χ3v) is 3.87. The Morgan fingerprint density at radius 3 is 2.21 bits per heavy atom. The van der Waals surface area contributed by atoms with Gasteiger partial charge in [-0.1, -0.05) is 11.6 Å². The summed E-state index contributed by atoms with van der Waals surface area (Å²) in [6, 6.07) is 3.54. The van der Waals surface area contributed by atoms with Crippen molar-refractivity contribution >= 4 is 23.1 Å². The summed E-state index contributed by atoms with van der Waals surface area (Å²) in [7, 11) is 0. The summed E-state index contributed by atoms with van der Waals surface area (Å²) in [5.41, 5.74) is 4.46. The molecule has 12 heteroatoms. The zero-order valence-electron chi connectivity index (χ0n) is 14.2. The summed E-state index contributed by atoms with van der Waals surface area (Å²) < 4.78 is 79.8. The average Bonchev–Trinajstić information content (AvgIpc) is 2.60. The fourth-order valence-electron chi connectivity index (χ4n) is 2.40. The van der Waals surface area contributed by atoms with E-state index in [9.17, 15) is 26.3 Å². The van der Waals surface area contributed by atoms with E-state index in [1.165, 1.54) is 18.3 Å². The lowest BCUT2D eigenvalue weighted by Crippen LogP contribution is -2.22. The number of aromatic nitrogens is 3. The molecule has 0 radical (unpaired) electrons. The summed E-state index contributed by atoms with van der Waals surface area (Å²) in [6.07, 6.45) is -3.42. The van der Waals surface area contributed by atoms with E-state index in [2.05, 4.69) is 15.0 Å². The second kappa shape index (κ2) is 7.74.